The zero-order valence-corrected chi connectivity index (χ0v) is 11.3. The lowest BCUT2D eigenvalue weighted by molar-refractivity contribution is 0.103. The van der Waals surface area contributed by atoms with E-state index in [4.69, 9.17) is 10.5 Å². The Morgan fingerprint density at radius 1 is 1.53 bits per heavy atom. The van der Waals surface area contributed by atoms with Gasteiger partial charge in [0.25, 0.3) is 0 Å². The maximum absolute atomic E-state index is 11.7. The zero-order chi connectivity index (χ0) is 12.4. The number of amides is 1. The third kappa shape index (κ3) is 2.39. The summed E-state index contributed by atoms with van der Waals surface area (Å²) in [5, 5.41) is 0. The van der Waals surface area contributed by atoms with Crippen molar-refractivity contribution in [2.45, 2.75) is 19.9 Å². The minimum absolute atomic E-state index is 0.266. The highest BCUT2D eigenvalue weighted by Gasteiger charge is 2.24. The highest BCUT2D eigenvalue weighted by molar-refractivity contribution is 9.10. The van der Waals surface area contributed by atoms with E-state index in [9.17, 15) is 4.79 Å². The number of benzene rings is 1. The van der Waals surface area contributed by atoms with Crippen molar-refractivity contribution in [1.82, 2.24) is 4.90 Å². The SMILES string of the molecule is CCOC(=O)N1CCc2c(Br)ccc(N)c2C1. The van der Waals surface area contributed by atoms with Crippen LogP contribution < -0.4 is 5.73 Å². The molecule has 0 aromatic heterocycles. The quantitative estimate of drug-likeness (QED) is 0.811. The topological polar surface area (TPSA) is 55.6 Å². The highest BCUT2D eigenvalue weighted by Crippen LogP contribution is 2.30. The summed E-state index contributed by atoms with van der Waals surface area (Å²) in [6, 6.07) is 3.81. The maximum atomic E-state index is 11.7. The average molecular weight is 299 g/mol. The molecule has 0 spiro atoms. The second-order valence-corrected chi connectivity index (χ2v) is 4.82. The molecule has 0 saturated carbocycles. The van der Waals surface area contributed by atoms with E-state index in [2.05, 4.69) is 15.9 Å². The van der Waals surface area contributed by atoms with E-state index in [1.54, 1.807) is 11.8 Å². The van der Waals surface area contributed by atoms with Gasteiger partial charge in [0.15, 0.2) is 0 Å². The van der Waals surface area contributed by atoms with Gasteiger partial charge in [-0.2, -0.15) is 0 Å². The van der Waals surface area contributed by atoms with Crippen LogP contribution in [0, 0.1) is 0 Å². The Morgan fingerprint density at radius 2 is 2.29 bits per heavy atom. The molecule has 1 aliphatic heterocycles. The largest absolute Gasteiger partial charge is 0.450 e. The van der Waals surface area contributed by atoms with Crippen LogP contribution in [0.3, 0.4) is 0 Å². The molecule has 1 aromatic rings. The van der Waals surface area contributed by atoms with Gasteiger partial charge in [-0.3, -0.25) is 0 Å². The number of anilines is 1. The fourth-order valence-corrected chi connectivity index (χ4v) is 2.60. The third-order valence-electron chi connectivity index (χ3n) is 2.92. The smallest absolute Gasteiger partial charge is 0.410 e. The summed E-state index contributed by atoms with van der Waals surface area (Å²) in [5.74, 6) is 0. The van der Waals surface area contributed by atoms with Crippen LogP contribution in [0.25, 0.3) is 0 Å². The van der Waals surface area contributed by atoms with Crippen molar-refractivity contribution >= 4 is 27.7 Å². The molecule has 17 heavy (non-hydrogen) atoms. The van der Waals surface area contributed by atoms with Crippen LogP contribution in [0.5, 0.6) is 0 Å². The Hall–Kier alpha value is -1.23. The molecule has 4 nitrogen and oxygen atoms in total. The van der Waals surface area contributed by atoms with Gasteiger partial charge < -0.3 is 15.4 Å². The Balaban J connectivity index is 2.24. The summed E-state index contributed by atoms with van der Waals surface area (Å²) >= 11 is 3.51. The van der Waals surface area contributed by atoms with Gasteiger partial charge in [0, 0.05) is 16.7 Å². The number of halogens is 1. The van der Waals surface area contributed by atoms with E-state index in [1.165, 1.54) is 5.56 Å². The molecule has 1 aliphatic rings. The number of ether oxygens (including phenoxy) is 1. The molecule has 0 radical (unpaired) electrons. The Kier molecular flexibility index (Phi) is 3.57. The van der Waals surface area contributed by atoms with Crippen LogP contribution in [0.4, 0.5) is 10.5 Å². The second-order valence-electron chi connectivity index (χ2n) is 3.96. The molecule has 0 bridgehead atoms. The summed E-state index contributed by atoms with van der Waals surface area (Å²) in [6.07, 6.45) is 0.539. The Bertz CT molecular complexity index is 448. The van der Waals surface area contributed by atoms with E-state index in [0.717, 1.165) is 22.1 Å². The van der Waals surface area contributed by atoms with Crippen molar-refractivity contribution in [3.63, 3.8) is 0 Å². The molecule has 0 saturated heterocycles. The number of rotatable bonds is 1. The first kappa shape index (κ1) is 12.2. The molecule has 0 atom stereocenters. The van der Waals surface area contributed by atoms with Gasteiger partial charge in [-0.05, 0) is 36.6 Å². The molecule has 0 unspecified atom stereocenters. The molecule has 1 aromatic carbocycles. The molecular weight excluding hydrogens is 284 g/mol. The first-order chi connectivity index (χ1) is 8.13. The summed E-state index contributed by atoms with van der Waals surface area (Å²) in [5.41, 5.74) is 8.91. The third-order valence-corrected chi connectivity index (χ3v) is 3.66. The van der Waals surface area contributed by atoms with Crippen molar-refractivity contribution in [2.75, 3.05) is 18.9 Å². The maximum Gasteiger partial charge on any atom is 0.410 e. The first-order valence-corrected chi connectivity index (χ1v) is 6.40. The highest BCUT2D eigenvalue weighted by atomic mass is 79.9. The molecule has 0 aliphatic carbocycles. The molecular formula is C12H15BrN2O2. The Morgan fingerprint density at radius 3 is 3.00 bits per heavy atom. The van der Waals surface area contributed by atoms with Crippen LogP contribution >= 0.6 is 15.9 Å². The van der Waals surface area contributed by atoms with E-state index < -0.39 is 0 Å². The van der Waals surface area contributed by atoms with Gasteiger partial charge in [0.05, 0.1) is 13.2 Å². The van der Waals surface area contributed by atoms with Crippen molar-refractivity contribution in [2.24, 2.45) is 0 Å². The normalized spacial score (nSPS) is 14.4. The Labute approximate surface area is 109 Å². The molecule has 1 amide bonds. The van der Waals surface area contributed by atoms with Gasteiger partial charge >= 0.3 is 6.09 Å². The number of hydrogen-bond acceptors (Lipinski definition) is 3. The predicted molar refractivity (Wildman–Crippen MR) is 69.7 cm³/mol. The van der Waals surface area contributed by atoms with Crippen LogP contribution in [0.2, 0.25) is 0 Å². The summed E-state index contributed by atoms with van der Waals surface area (Å²) in [7, 11) is 0. The second kappa shape index (κ2) is 4.96. The van der Waals surface area contributed by atoms with Crippen molar-refractivity contribution in [3.8, 4) is 0 Å². The van der Waals surface area contributed by atoms with Crippen molar-refractivity contribution in [1.29, 1.82) is 0 Å². The van der Waals surface area contributed by atoms with Crippen molar-refractivity contribution < 1.29 is 9.53 Å². The van der Waals surface area contributed by atoms with Crippen LogP contribution in [0.15, 0.2) is 16.6 Å². The minimum Gasteiger partial charge on any atom is -0.450 e. The first-order valence-electron chi connectivity index (χ1n) is 5.61. The zero-order valence-electron chi connectivity index (χ0n) is 9.70. The summed E-state index contributed by atoms with van der Waals surface area (Å²) in [6.45, 7) is 3.41. The molecule has 1 heterocycles. The molecule has 2 N–H and O–H groups in total. The predicted octanol–water partition coefficient (Wildman–Crippen LogP) is 2.55. The number of carbonyl (C=O) groups is 1. The summed E-state index contributed by atoms with van der Waals surface area (Å²) in [4.78, 5) is 13.3. The van der Waals surface area contributed by atoms with Gasteiger partial charge in [0.1, 0.15) is 0 Å². The summed E-state index contributed by atoms with van der Waals surface area (Å²) < 4.78 is 6.06. The number of nitrogen functional groups attached to an aromatic ring is 1. The molecule has 0 fully saturated rings. The lowest BCUT2D eigenvalue weighted by atomic mass is 9.98. The van der Waals surface area contributed by atoms with Gasteiger partial charge in [-0.1, -0.05) is 15.9 Å². The minimum atomic E-state index is -0.266. The van der Waals surface area contributed by atoms with Crippen molar-refractivity contribution in [3.05, 3.63) is 27.7 Å². The van der Waals surface area contributed by atoms with Gasteiger partial charge in [-0.25, -0.2) is 4.79 Å². The van der Waals surface area contributed by atoms with E-state index in [1.807, 2.05) is 12.1 Å². The number of nitrogens with zero attached hydrogens (tertiary/aromatic N) is 1. The number of hydrogen-bond donors (Lipinski definition) is 1. The van der Waals surface area contributed by atoms with Gasteiger partial charge in [-0.15, -0.1) is 0 Å². The number of carbonyl (C=O) groups excluding carboxylic acids is 1. The number of fused-ring (bicyclic) bond motifs is 1. The lowest BCUT2D eigenvalue weighted by Gasteiger charge is -2.29. The van der Waals surface area contributed by atoms with E-state index >= 15 is 0 Å². The fraction of sp³-hybridized carbons (Fsp3) is 0.417. The molecule has 2 rings (SSSR count). The molecule has 5 heteroatoms. The van der Waals surface area contributed by atoms with Crippen LogP contribution in [0.1, 0.15) is 18.1 Å². The van der Waals surface area contributed by atoms with Crippen LogP contribution in [-0.4, -0.2) is 24.1 Å². The van der Waals surface area contributed by atoms with E-state index in [-0.39, 0.29) is 6.09 Å². The molecule has 92 valence electrons. The van der Waals surface area contributed by atoms with E-state index in [0.29, 0.717) is 19.7 Å². The van der Waals surface area contributed by atoms with Crippen LogP contribution in [-0.2, 0) is 17.7 Å². The van der Waals surface area contributed by atoms with Gasteiger partial charge in [0.2, 0.25) is 0 Å². The number of nitrogens with two attached hydrogens (primary N) is 1. The lowest BCUT2D eigenvalue weighted by Crippen LogP contribution is -2.36. The average Bonchev–Trinajstić information content (AvgIpc) is 2.34. The monoisotopic (exact) mass is 298 g/mol. The fourth-order valence-electron chi connectivity index (χ4n) is 2.03. The standard InChI is InChI=1S/C12H15BrN2O2/c1-2-17-12(16)15-6-5-8-9(7-15)11(14)4-3-10(8)13/h3-4H,2,5-7,14H2,1H3.